The molecule has 1 aromatic carbocycles. The summed E-state index contributed by atoms with van der Waals surface area (Å²) < 4.78 is 0. The van der Waals surface area contributed by atoms with Gasteiger partial charge in [0.2, 0.25) is 0 Å². The molecule has 0 radical (unpaired) electrons. The fraction of sp³-hybridized carbons (Fsp3) is 0.667. The van der Waals surface area contributed by atoms with Gasteiger partial charge < -0.3 is 10.2 Å². The van der Waals surface area contributed by atoms with E-state index < -0.39 is 0 Å². The highest BCUT2D eigenvalue weighted by Gasteiger charge is 2.27. The summed E-state index contributed by atoms with van der Waals surface area (Å²) in [5.74, 6) is 0.933. The van der Waals surface area contributed by atoms with E-state index in [0.717, 1.165) is 12.5 Å². The lowest BCUT2D eigenvalue weighted by Gasteiger charge is -2.41. The average molecular weight is 287 g/mol. The Bertz CT molecular complexity index is 414. The third kappa shape index (κ3) is 4.06. The maximum absolute atomic E-state index is 3.47. The maximum Gasteiger partial charge on any atom is 0.0475 e. The largest absolute Gasteiger partial charge is 0.317 e. The summed E-state index contributed by atoms with van der Waals surface area (Å²) in [6.45, 7) is 7.27. The molecule has 2 aliphatic rings. The van der Waals surface area contributed by atoms with E-state index in [4.69, 9.17) is 0 Å². The number of nitrogens with zero attached hydrogens (tertiary/aromatic N) is 2. The van der Waals surface area contributed by atoms with Crippen LogP contribution in [0.4, 0.5) is 0 Å². The molecule has 2 fully saturated rings. The highest BCUT2D eigenvalue weighted by molar-refractivity contribution is 5.20. The van der Waals surface area contributed by atoms with Crippen molar-refractivity contribution in [3.05, 3.63) is 35.9 Å². The summed E-state index contributed by atoms with van der Waals surface area (Å²) in [6, 6.07) is 11.6. The number of likely N-dealkylation sites (N-methyl/N-ethyl adjacent to an activating group) is 1. The van der Waals surface area contributed by atoms with Crippen molar-refractivity contribution in [3.8, 4) is 0 Å². The minimum absolute atomic E-state index is 0.576. The number of benzene rings is 1. The van der Waals surface area contributed by atoms with E-state index in [1.165, 1.54) is 57.5 Å². The second kappa shape index (κ2) is 7.39. The van der Waals surface area contributed by atoms with Gasteiger partial charge in [-0.15, -0.1) is 0 Å². The molecule has 0 aromatic heterocycles. The second-order valence-electron chi connectivity index (χ2n) is 6.71. The zero-order chi connectivity index (χ0) is 14.5. The van der Waals surface area contributed by atoms with Crippen molar-refractivity contribution in [2.45, 2.75) is 25.3 Å². The van der Waals surface area contributed by atoms with E-state index in [0.29, 0.717) is 6.04 Å². The van der Waals surface area contributed by atoms with Gasteiger partial charge in [-0.3, -0.25) is 4.90 Å². The van der Waals surface area contributed by atoms with Crippen LogP contribution in [0.3, 0.4) is 0 Å². The van der Waals surface area contributed by atoms with Crippen LogP contribution in [-0.2, 0) is 0 Å². The SMILES string of the molecule is CN1CCN(CCC2CCNCC2)C(c2ccccc2)C1. The molecule has 3 heteroatoms. The number of hydrogen-bond acceptors (Lipinski definition) is 3. The molecule has 2 heterocycles. The standard InChI is InChI=1S/C18H29N3/c1-20-13-14-21(12-9-16-7-10-19-11-8-16)18(15-20)17-5-3-2-4-6-17/h2-6,16,18-19H,7-15H2,1H3. The molecule has 116 valence electrons. The molecule has 1 N–H and O–H groups in total. The molecule has 3 nitrogen and oxygen atoms in total. The van der Waals surface area contributed by atoms with Crippen LogP contribution in [0.5, 0.6) is 0 Å². The normalized spacial score (nSPS) is 26.0. The zero-order valence-electron chi connectivity index (χ0n) is 13.3. The molecule has 3 rings (SSSR count). The molecule has 2 aliphatic heterocycles. The first-order valence-corrected chi connectivity index (χ1v) is 8.51. The van der Waals surface area contributed by atoms with Crippen LogP contribution in [0.15, 0.2) is 30.3 Å². The van der Waals surface area contributed by atoms with Gasteiger partial charge in [-0.1, -0.05) is 30.3 Å². The van der Waals surface area contributed by atoms with E-state index in [-0.39, 0.29) is 0 Å². The third-order valence-electron chi connectivity index (χ3n) is 5.16. The highest BCUT2D eigenvalue weighted by Crippen LogP contribution is 2.26. The van der Waals surface area contributed by atoms with Crippen molar-refractivity contribution in [2.24, 2.45) is 5.92 Å². The third-order valence-corrected chi connectivity index (χ3v) is 5.16. The number of piperidine rings is 1. The van der Waals surface area contributed by atoms with Gasteiger partial charge in [-0.25, -0.2) is 0 Å². The van der Waals surface area contributed by atoms with Gasteiger partial charge in [0.25, 0.3) is 0 Å². The molecule has 0 aliphatic carbocycles. The molecular weight excluding hydrogens is 258 g/mol. The predicted molar refractivity (Wildman–Crippen MR) is 88.5 cm³/mol. The Kier molecular flexibility index (Phi) is 5.28. The van der Waals surface area contributed by atoms with Gasteiger partial charge >= 0.3 is 0 Å². The number of piperazine rings is 1. The van der Waals surface area contributed by atoms with Gasteiger partial charge in [0.1, 0.15) is 0 Å². The first-order valence-electron chi connectivity index (χ1n) is 8.51. The van der Waals surface area contributed by atoms with Gasteiger partial charge in [-0.05, 0) is 57.4 Å². The van der Waals surface area contributed by atoms with Gasteiger partial charge in [0.15, 0.2) is 0 Å². The quantitative estimate of drug-likeness (QED) is 0.917. The van der Waals surface area contributed by atoms with Crippen LogP contribution in [0.1, 0.15) is 30.9 Å². The minimum atomic E-state index is 0.576. The zero-order valence-corrected chi connectivity index (χ0v) is 13.3. The maximum atomic E-state index is 3.47. The molecule has 2 saturated heterocycles. The summed E-state index contributed by atoms with van der Waals surface area (Å²) in [7, 11) is 2.25. The Balaban J connectivity index is 1.61. The lowest BCUT2D eigenvalue weighted by atomic mass is 9.93. The van der Waals surface area contributed by atoms with Crippen molar-refractivity contribution in [1.82, 2.24) is 15.1 Å². The molecule has 0 saturated carbocycles. The summed E-state index contributed by atoms with van der Waals surface area (Å²) in [6.07, 6.45) is 4.10. The van der Waals surface area contributed by atoms with E-state index in [2.05, 4.69) is 52.5 Å². The van der Waals surface area contributed by atoms with E-state index in [9.17, 15) is 0 Å². The smallest absolute Gasteiger partial charge is 0.0475 e. The topological polar surface area (TPSA) is 18.5 Å². The molecule has 0 amide bonds. The number of hydrogen-bond donors (Lipinski definition) is 1. The molecule has 0 bridgehead atoms. The fourth-order valence-corrected chi connectivity index (χ4v) is 3.73. The van der Waals surface area contributed by atoms with Crippen LogP contribution >= 0.6 is 0 Å². The Hall–Kier alpha value is -0.900. The van der Waals surface area contributed by atoms with Gasteiger partial charge in [-0.2, -0.15) is 0 Å². The first kappa shape index (κ1) is 15.0. The number of nitrogens with one attached hydrogen (secondary N) is 1. The molecule has 1 unspecified atom stereocenters. The lowest BCUT2D eigenvalue weighted by Crippen LogP contribution is -2.47. The van der Waals surface area contributed by atoms with Crippen molar-refractivity contribution >= 4 is 0 Å². The Labute approximate surface area is 129 Å². The monoisotopic (exact) mass is 287 g/mol. The van der Waals surface area contributed by atoms with E-state index in [1.807, 2.05) is 0 Å². The lowest BCUT2D eigenvalue weighted by molar-refractivity contribution is 0.0824. The van der Waals surface area contributed by atoms with Crippen molar-refractivity contribution < 1.29 is 0 Å². The Morgan fingerprint density at radius 2 is 1.86 bits per heavy atom. The van der Waals surface area contributed by atoms with E-state index in [1.54, 1.807) is 0 Å². The first-order chi connectivity index (χ1) is 10.3. The molecule has 1 aromatic rings. The summed E-state index contributed by atoms with van der Waals surface area (Å²) in [5, 5.41) is 3.47. The Morgan fingerprint density at radius 3 is 2.62 bits per heavy atom. The predicted octanol–water partition coefficient (Wildman–Crippen LogP) is 2.36. The number of rotatable bonds is 4. The van der Waals surface area contributed by atoms with Crippen LogP contribution in [-0.4, -0.2) is 56.1 Å². The summed E-state index contributed by atoms with van der Waals surface area (Å²) in [5.41, 5.74) is 1.48. The minimum Gasteiger partial charge on any atom is -0.317 e. The second-order valence-corrected chi connectivity index (χ2v) is 6.71. The van der Waals surface area contributed by atoms with E-state index >= 15 is 0 Å². The molecule has 1 atom stereocenters. The van der Waals surface area contributed by atoms with Gasteiger partial charge in [0, 0.05) is 25.7 Å². The average Bonchev–Trinajstić information content (AvgIpc) is 2.55. The molecule has 21 heavy (non-hydrogen) atoms. The van der Waals surface area contributed by atoms with Crippen LogP contribution in [0.25, 0.3) is 0 Å². The summed E-state index contributed by atoms with van der Waals surface area (Å²) >= 11 is 0. The highest BCUT2D eigenvalue weighted by atomic mass is 15.3. The van der Waals surface area contributed by atoms with Crippen LogP contribution < -0.4 is 5.32 Å². The van der Waals surface area contributed by atoms with Crippen molar-refractivity contribution in [1.29, 1.82) is 0 Å². The molecular formula is C18H29N3. The van der Waals surface area contributed by atoms with Crippen LogP contribution in [0.2, 0.25) is 0 Å². The summed E-state index contributed by atoms with van der Waals surface area (Å²) in [4.78, 5) is 5.19. The Morgan fingerprint density at radius 1 is 1.10 bits per heavy atom. The van der Waals surface area contributed by atoms with Crippen molar-refractivity contribution in [3.63, 3.8) is 0 Å². The van der Waals surface area contributed by atoms with Crippen LogP contribution in [0, 0.1) is 5.92 Å². The van der Waals surface area contributed by atoms with Crippen molar-refractivity contribution in [2.75, 3.05) is 46.3 Å². The molecule has 0 spiro atoms. The fourth-order valence-electron chi connectivity index (χ4n) is 3.73. The van der Waals surface area contributed by atoms with Gasteiger partial charge in [0.05, 0.1) is 0 Å².